The Bertz CT molecular complexity index is 1480. The molecule has 9 heteroatoms. The minimum Gasteiger partial charge on any atom is -0.323 e. The number of aromatic nitrogens is 5. The summed E-state index contributed by atoms with van der Waals surface area (Å²) >= 11 is 1.60. The molecule has 0 bridgehead atoms. The van der Waals surface area contributed by atoms with E-state index >= 15 is 0 Å². The molecule has 30 heavy (non-hydrogen) atoms. The summed E-state index contributed by atoms with van der Waals surface area (Å²) in [5, 5.41) is 6.28. The number of rotatable bonds is 4. The van der Waals surface area contributed by atoms with Gasteiger partial charge in [-0.15, -0.1) is 11.3 Å². The molecule has 0 unspecified atom stereocenters. The van der Waals surface area contributed by atoms with Crippen molar-refractivity contribution in [1.82, 2.24) is 24.3 Å². The van der Waals surface area contributed by atoms with Gasteiger partial charge in [0.25, 0.3) is 5.56 Å². The van der Waals surface area contributed by atoms with Crippen LogP contribution in [0.25, 0.3) is 21.3 Å². The van der Waals surface area contributed by atoms with Crippen molar-refractivity contribution in [2.75, 3.05) is 6.54 Å². The van der Waals surface area contributed by atoms with Crippen LogP contribution in [0.4, 0.5) is 0 Å². The first kappa shape index (κ1) is 17.4. The first-order chi connectivity index (χ1) is 14.7. The largest absolute Gasteiger partial charge is 0.323 e. The van der Waals surface area contributed by atoms with Crippen molar-refractivity contribution in [2.24, 2.45) is 17.0 Å². The predicted octanol–water partition coefficient (Wildman–Crippen LogP) is 2.30. The van der Waals surface area contributed by atoms with Gasteiger partial charge in [0.1, 0.15) is 10.5 Å². The van der Waals surface area contributed by atoms with Crippen molar-refractivity contribution in [3.8, 4) is 0 Å². The quantitative estimate of drug-likeness (QED) is 0.511. The maximum absolute atomic E-state index is 13.2. The number of aryl methyl sites for hydroxylation is 1. The molecule has 0 N–H and O–H groups in total. The van der Waals surface area contributed by atoms with Crippen LogP contribution in [0.2, 0.25) is 0 Å². The zero-order valence-corrected chi connectivity index (χ0v) is 17.1. The molecular formula is C21H17N7OS. The molecule has 0 fully saturated rings. The van der Waals surface area contributed by atoms with Crippen molar-refractivity contribution >= 4 is 44.0 Å². The first-order valence-electron chi connectivity index (χ1n) is 9.70. The second-order valence-corrected chi connectivity index (χ2v) is 8.46. The van der Waals surface area contributed by atoms with E-state index in [4.69, 9.17) is 4.98 Å². The van der Waals surface area contributed by atoms with Gasteiger partial charge in [-0.1, -0.05) is 12.1 Å². The highest BCUT2D eigenvalue weighted by atomic mass is 32.1. The Labute approximate surface area is 175 Å². The molecule has 0 atom stereocenters. The number of hydrogen-bond acceptors (Lipinski definition) is 7. The lowest BCUT2D eigenvalue weighted by molar-refractivity contribution is 0.675. The minimum atomic E-state index is -0.142. The van der Waals surface area contributed by atoms with Gasteiger partial charge in [-0.3, -0.25) is 19.8 Å². The number of fused-ring (bicyclic) bond motifs is 4. The predicted molar refractivity (Wildman–Crippen MR) is 118 cm³/mol. The number of allylic oxidation sites excluding steroid dienone is 1. The van der Waals surface area contributed by atoms with Crippen LogP contribution in [-0.2, 0) is 26.6 Å². The minimum absolute atomic E-state index is 0.142. The van der Waals surface area contributed by atoms with Gasteiger partial charge in [-0.05, 0) is 12.1 Å². The van der Waals surface area contributed by atoms with Gasteiger partial charge in [0.2, 0.25) is 0 Å². The number of pyridine rings is 1. The Hall–Kier alpha value is -3.46. The number of thiazole rings is 1. The fourth-order valence-corrected chi connectivity index (χ4v) is 5.17. The summed E-state index contributed by atoms with van der Waals surface area (Å²) in [6.07, 6.45) is 8.33. The van der Waals surface area contributed by atoms with Crippen LogP contribution < -0.4 is 5.56 Å². The van der Waals surface area contributed by atoms with Gasteiger partial charge in [0, 0.05) is 36.3 Å². The van der Waals surface area contributed by atoms with Gasteiger partial charge >= 0.3 is 0 Å². The molecule has 2 aliphatic heterocycles. The highest BCUT2D eigenvalue weighted by Crippen LogP contribution is 2.31. The number of hydrogen-bond donors (Lipinski definition) is 0. The van der Waals surface area contributed by atoms with E-state index in [2.05, 4.69) is 20.1 Å². The third kappa shape index (κ3) is 2.58. The Morgan fingerprint density at radius 2 is 2.20 bits per heavy atom. The van der Waals surface area contributed by atoms with E-state index in [0.29, 0.717) is 25.0 Å². The summed E-state index contributed by atoms with van der Waals surface area (Å²) in [4.78, 5) is 31.4. The third-order valence-electron chi connectivity index (χ3n) is 5.52. The normalized spacial score (nSPS) is 15.2. The van der Waals surface area contributed by atoms with Crippen molar-refractivity contribution < 1.29 is 0 Å². The fourth-order valence-electron chi connectivity index (χ4n) is 4.05. The fraction of sp³-hybridized carbons (Fsp3) is 0.238. The van der Waals surface area contributed by atoms with Crippen molar-refractivity contribution in [3.05, 3.63) is 63.3 Å². The summed E-state index contributed by atoms with van der Waals surface area (Å²) in [5.41, 5.74) is 5.06. The van der Waals surface area contributed by atoms with E-state index in [9.17, 15) is 4.79 Å². The molecule has 0 aromatic carbocycles. The second kappa shape index (κ2) is 6.53. The molecule has 0 amide bonds. The molecule has 4 aromatic heterocycles. The lowest BCUT2D eigenvalue weighted by Crippen LogP contribution is -2.27. The molecule has 4 aromatic rings. The molecule has 0 radical (unpaired) electrons. The van der Waals surface area contributed by atoms with Crippen LogP contribution in [0.15, 0.2) is 51.5 Å². The maximum atomic E-state index is 13.2. The van der Waals surface area contributed by atoms with Crippen LogP contribution in [0, 0.1) is 0 Å². The third-order valence-corrected chi connectivity index (χ3v) is 6.59. The van der Waals surface area contributed by atoms with Gasteiger partial charge in [0.05, 0.1) is 41.9 Å². The monoisotopic (exact) mass is 415 g/mol. The number of aliphatic imine (C=N–C) groups is 2. The molecule has 148 valence electrons. The van der Waals surface area contributed by atoms with Crippen molar-refractivity contribution in [3.63, 3.8) is 0 Å². The average Bonchev–Trinajstić information content (AvgIpc) is 3.52. The molecule has 2 aliphatic rings. The van der Waals surface area contributed by atoms with Crippen LogP contribution in [-0.4, -0.2) is 42.3 Å². The van der Waals surface area contributed by atoms with E-state index in [1.807, 2.05) is 35.9 Å². The highest BCUT2D eigenvalue weighted by molar-refractivity contribution is 7.19. The van der Waals surface area contributed by atoms with Crippen LogP contribution in [0.3, 0.4) is 0 Å². The van der Waals surface area contributed by atoms with Crippen LogP contribution in [0.5, 0.6) is 0 Å². The van der Waals surface area contributed by atoms with Crippen LogP contribution in [0.1, 0.15) is 16.3 Å². The second-order valence-electron chi connectivity index (χ2n) is 7.37. The molecule has 0 saturated heterocycles. The Morgan fingerprint density at radius 1 is 1.27 bits per heavy atom. The lowest BCUT2D eigenvalue weighted by Gasteiger charge is -2.06. The maximum Gasteiger partial charge on any atom is 0.291 e. The van der Waals surface area contributed by atoms with Gasteiger partial charge < -0.3 is 4.57 Å². The SMILES string of the molecule is Cn1c2nc(CC3=NCC=C3)sc2c2cnn(CC3=NCc4cccnc43)c(=O)c21. The Morgan fingerprint density at radius 3 is 3.07 bits per heavy atom. The highest BCUT2D eigenvalue weighted by Gasteiger charge is 2.21. The molecule has 0 saturated carbocycles. The molecule has 6 heterocycles. The van der Waals surface area contributed by atoms with E-state index in [0.717, 1.165) is 50.0 Å². The lowest BCUT2D eigenvalue weighted by atomic mass is 10.2. The zero-order chi connectivity index (χ0) is 20.2. The Balaban J connectivity index is 1.40. The van der Waals surface area contributed by atoms with E-state index < -0.39 is 0 Å². The Kier molecular flexibility index (Phi) is 3.79. The summed E-state index contributed by atoms with van der Waals surface area (Å²) in [7, 11) is 1.89. The molecule has 0 aliphatic carbocycles. The van der Waals surface area contributed by atoms with Gasteiger partial charge in [-0.25, -0.2) is 9.67 Å². The van der Waals surface area contributed by atoms with Gasteiger partial charge in [0.15, 0.2) is 5.65 Å². The smallest absolute Gasteiger partial charge is 0.291 e. The van der Waals surface area contributed by atoms with Crippen LogP contribution >= 0.6 is 11.3 Å². The van der Waals surface area contributed by atoms with Crippen molar-refractivity contribution in [1.29, 1.82) is 0 Å². The average molecular weight is 415 g/mol. The summed E-state index contributed by atoms with van der Waals surface area (Å²) < 4.78 is 4.33. The van der Waals surface area contributed by atoms with Gasteiger partial charge in [-0.2, -0.15) is 5.10 Å². The topological polar surface area (TPSA) is 90.3 Å². The summed E-state index contributed by atoms with van der Waals surface area (Å²) in [5.74, 6) is 0. The van der Waals surface area contributed by atoms with E-state index in [1.54, 1.807) is 23.7 Å². The summed E-state index contributed by atoms with van der Waals surface area (Å²) in [6.45, 7) is 1.66. The molecule has 6 rings (SSSR count). The van der Waals surface area contributed by atoms with E-state index in [-0.39, 0.29) is 5.56 Å². The van der Waals surface area contributed by atoms with Crippen molar-refractivity contribution in [2.45, 2.75) is 19.5 Å². The standard InChI is InChI=1S/C21H17N7OS/c1-27-18-14(19-20(27)26-16(30-19)8-13-5-3-6-22-13)10-25-28(21(18)29)11-15-17-12(9-24-15)4-2-7-23-17/h2-5,7,10H,6,8-9,11H2,1H3. The summed E-state index contributed by atoms with van der Waals surface area (Å²) in [6, 6.07) is 3.92. The number of nitrogens with zero attached hydrogens (tertiary/aromatic N) is 7. The first-order valence-corrected chi connectivity index (χ1v) is 10.5. The molecule has 0 spiro atoms. The molecular weight excluding hydrogens is 398 g/mol. The van der Waals surface area contributed by atoms with E-state index in [1.165, 1.54) is 4.68 Å². The molecule has 8 nitrogen and oxygen atoms in total. The zero-order valence-electron chi connectivity index (χ0n) is 16.2.